The van der Waals surface area contributed by atoms with E-state index in [0.717, 1.165) is 5.56 Å². The highest BCUT2D eigenvalue weighted by Gasteiger charge is 2.17. The van der Waals surface area contributed by atoms with Crippen molar-refractivity contribution in [2.45, 2.75) is 51.0 Å². The molecule has 0 heterocycles. The van der Waals surface area contributed by atoms with Crippen LogP contribution in [0.15, 0.2) is 34.2 Å². The largest absolute Gasteiger partial charge is 0.383 e. The first-order valence-corrected chi connectivity index (χ1v) is 10.6. The molecule has 6 nitrogen and oxygen atoms in total. The van der Waals surface area contributed by atoms with Crippen molar-refractivity contribution in [1.29, 1.82) is 0 Å². The molecule has 1 unspecified atom stereocenters. The predicted molar refractivity (Wildman–Crippen MR) is 123 cm³/mol. The van der Waals surface area contributed by atoms with E-state index in [0.29, 0.717) is 24.0 Å². The van der Waals surface area contributed by atoms with Crippen molar-refractivity contribution < 1.29 is 13.2 Å². The van der Waals surface area contributed by atoms with Crippen LogP contribution in [-0.2, 0) is 20.0 Å². The summed E-state index contributed by atoms with van der Waals surface area (Å²) in [5.74, 6) is 0.562. The molecule has 27 heavy (non-hydrogen) atoms. The highest BCUT2D eigenvalue weighted by atomic mass is 127. The number of nitrogens with zero attached hydrogens (tertiary/aromatic N) is 1. The molecule has 1 rings (SSSR count). The van der Waals surface area contributed by atoms with Crippen LogP contribution in [0.2, 0.25) is 0 Å². The highest BCUT2D eigenvalue weighted by Crippen LogP contribution is 2.23. The van der Waals surface area contributed by atoms with Gasteiger partial charge in [0.15, 0.2) is 15.8 Å². The van der Waals surface area contributed by atoms with Gasteiger partial charge in [-0.25, -0.2) is 8.42 Å². The SMILES string of the molecule is CCNC(=NCCS(=O)(=O)c1ccc(C(C)(C)C)cc1)NC(C)COC.I. The van der Waals surface area contributed by atoms with Crippen molar-refractivity contribution in [2.24, 2.45) is 4.99 Å². The van der Waals surface area contributed by atoms with E-state index in [1.807, 2.05) is 26.0 Å². The number of sulfone groups is 1. The molecule has 0 spiro atoms. The van der Waals surface area contributed by atoms with Crippen LogP contribution < -0.4 is 10.6 Å². The lowest BCUT2D eigenvalue weighted by Crippen LogP contribution is -2.44. The molecule has 0 saturated heterocycles. The molecule has 1 aromatic carbocycles. The maximum Gasteiger partial charge on any atom is 0.191 e. The van der Waals surface area contributed by atoms with Gasteiger partial charge in [-0.1, -0.05) is 32.9 Å². The molecular weight excluding hydrogens is 477 g/mol. The molecule has 0 aliphatic rings. The van der Waals surface area contributed by atoms with Crippen LogP contribution in [0.1, 0.15) is 40.2 Å². The van der Waals surface area contributed by atoms with E-state index in [1.54, 1.807) is 19.2 Å². The van der Waals surface area contributed by atoms with E-state index in [9.17, 15) is 8.42 Å². The van der Waals surface area contributed by atoms with Crippen molar-refractivity contribution in [3.8, 4) is 0 Å². The number of aliphatic imine (C=N–C) groups is 1. The monoisotopic (exact) mass is 511 g/mol. The fraction of sp³-hybridized carbons (Fsp3) is 0.632. The molecule has 0 fully saturated rings. The molecule has 0 bridgehead atoms. The number of rotatable bonds is 8. The minimum Gasteiger partial charge on any atom is -0.383 e. The number of benzene rings is 1. The summed E-state index contributed by atoms with van der Waals surface area (Å²) in [7, 11) is -1.72. The average Bonchev–Trinajstić information content (AvgIpc) is 2.54. The number of ether oxygens (including phenoxy) is 1. The summed E-state index contributed by atoms with van der Waals surface area (Å²) in [4.78, 5) is 4.70. The van der Waals surface area contributed by atoms with Crippen molar-refractivity contribution in [3.05, 3.63) is 29.8 Å². The number of halogens is 1. The molecule has 1 atom stereocenters. The molecule has 0 aromatic heterocycles. The van der Waals surface area contributed by atoms with Gasteiger partial charge in [0.1, 0.15) is 0 Å². The Morgan fingerprint density at radius 1 is 1.22 bits per heavy atom. The zero-order valence-corrected chi connectivity index (χ0v) is 20.4. The molecule has 156 valence electrons. The van der Waals surface area contributed by atoms with Gasteiger partial charge < -0.3 is 15.4 Å². The first kappa shape index (κ1) is 26.1. The van der Waals surface area contributed by atoms with E-state index in [-0.39, 0.29) is 47.7 Å². The lowest BCUT2D eigenvalue weighted by atomic mass is 9.87. The third kappa shape index (κ3) is 9.25. The Morgan fingerprint density at radius 2 is 1.81 bits per heavy atom. The van der Waals surface area contributed by atoms with Gasteiger partial charge in [-0.2, -0.15) is 0 Å². The summed E-state index contributed by atoms with van der Waals surface area (Å²) < 4.78 is 30.1. The Bertz CT molecular complexity index is 683. The maximum absolute atomic E-state index is 12.5. The van der Waals surface area contributed by atoms with E-state index in [4.69, 9.17) is 4.74 Å². The quantitative estimate of drug-likeness (QED) is 0.319. The first-order valence-electron chi connectivity index (χ1n) is 8.97. The molecule has 0 radical (unpaired) electrons. The third-order valence-electron chi connectivity index (χ3n) is 3.85. The van der Waals surface area contributed by atoms with E-state index in [1.165, 1.54) is 0 Å². The first-order chi connectivity index (χ1) is 12.1. The van der Waals surface area contributed by atoms with Crippen molar-refractivity contribution in [2.75, 3.05) is 32.6 Å². The van der Waals surface area contributed by atoms with Gasteiger partial charge in [0.05, 0.1) is 23.8 Å². The van der Waals surface area contributed by atoms with Crippen molar-refractivity contribution in [1.82, 2.24) is 10.6 Å². The zero-order valence-electron chi connectivity index (χ0n) is 17.2. The Kier molecular flexibility index (Phi) is 11.5. The van der Waals surface area contributed by atoms with E-state index in [2.05, 4.69) is 36.4 Å². The van der Waals surface area contributed by atoms with E-state index >= 15 is 0 Å². The number of guanidine groups is 1. The van der Waals surface area contributed by atoms with Gasteiger partial charge >= 0.3 is 0 Å². The number of nitrogens with one attached hydrogen (secondary N) is 2. The molecule has 0 saturated carbocycles. The fourth-order valence-corrected chi connectivity index (χ4v) is 3.52. The third-order valence-corrected chi connectivity index (χ3v) is 5.56. The van der Waals surface area contributed by atoms with Crippen LogP contribution >= 0.6 is 24.0 Å². The second kappa shape index (κ2) is 11.9. The molecule has 2 N–H and O–H groups in total. The predicted octanol–water partition coefficient (Wildman–Crippen LogP) is 2.97. The molecule has 0 aliphatic carbocycles. The minimum atomic E-state index is -3.36. The maximum atomic E-state index is 12.5. The number of methoxy groups -OCH3 is 1. The molecule has 8 heteroatoms. The van der Waals surface area contributed by atoms with Gasteiger partial charge in [-0.05, 0) is 37.0 Å². The average molecular weight is 511 g/mol. The van der Waals surface area contributed by atoms with Crippen LogP contribution in [0, 0.1) is 0 Å². The highest BCUT2D eigenvalue weighted by molar-refractivity contribution is 14.0. The van der Waals surface area contributed by atoms with Crippen LogP contribution in [0.25, 0.3) is 0 Å². The lowest BCUT2D eigenvalue weighted by molar-refractivity contribution is 0.179. The van der Waals surface area contributed by atoms with E-state index < -0.39 is 9.84 Å². The van der Waals surface area contributed by atoms with Crippen molar-refractivity contribution in [3.63, 3.8) is 0 Å². The summed E-state index contributed by atoms with van der Waals surface area (Å²) in [6.07, 6.45) is 0. The van der Waals surface area contributed by atoms with Crippen LogP contribution in [0.3, 0.4) is 0 Å². The van der Waals surface area contributed by atoms with Crippen LogP contribution in [0.4, 0.5) is 0 Å². The number of hydrogen-bond acceptors (Lipinski definition) is 4. The molecule has 0 amide bonds. The molecule has 1 aromatic rings. The van der Waals surface area contributed by atoms with Gasteiger partial charge in [-0.15, -0.1) is 24.0 Å². The second-order valence-electron chi connectivity index (χ2n) is 7.35. The Balaban J connectivity index is 0.00000676. The second-order valence-corrected chi connectivity index (χ2v) is 9.46. The van der Waals surface area contributed by atoms with Crippen molar-refractivity contribution >= 4 is 39.8 Å². The van der Waals surface area contributed by atoms with Crippen LogP contribution in [0.5, 0.6) is 0 Å². The zero-order chi connectivity index (χ0) is 19.8. The van der Waals surface area contributed by atoms with Gasteiger partial charge in [0.25, 0.3) is 0 Å². The summed E-state index contributed by atoms with van der Waals surface area (Å²) in [5, 5.41) is 6.30. The van der Waals surface area contributed by atoms with Gasteiger partial charge in [-0.3, -0.25) is 4.99 Å². The topological polar surface area (TPSA) is 79.8 Å². The molecule has 0 aliphatic heterocycles. The molecular formula is C19H34IN3O3S. The van der Waals surface area contributed by atoms with Gasteiger partial charge in [0, 0.05) is 19.7 Å². The minimum absolute atomic E-state index is 0. The Labute approximate surface area is 181 Å². The normalized spacial score (nSPS) is 13.6. The number of hydrogen-bond donors (Lipinski definition) is 2. The summed E-state index contributed by atoms with van der Waals surface area (Å²) >= 11 is 0. The van der Waals surface area contributed by atoms with Gasteiger partial charge in [0.2, 0.25) is 0 Å². The summed E-state index contributed by atoms with van der Waals surface area (Å²) in [5.41, 5.74) is 1.11. The standard InChI is InChI=1S/C19H33N3O3S.HI/c1-7-20-18(22-15(2)14-25-6)21-12-13-26(23,24)17-10-8-16(9-11-17)19(3,4)5;/h8-11,15H,7,12-14H2,1-6H3,(H2,20,21,22);1H. The fourth-order valence-electron chi connectivity index (χ4n) is 2.40. The van der Waals surface area contributed by atoms with Crippen LogP contribution in [-0.4, -0.2) is 53.0 Å². The Hall–Kier alpha value is -0.870. The smallest absolute Gasteiger partial charge is 0.191 e. The summed E-state index contributed by atoms with van der Waals surface area (Å²) in [6.45, 7) is 11.7. The Morgan fingerprint density at radius 3 is 2.30 bits per heavy atom. The summed E-state index contributed by atoms with van der Waals surface area (Å²) in [6, 6.07) is 7.22. The lowest BCUT2D eigenvalue weighted by Gasteiger charge is -2.19.